The van der Waals surface area contributed by atoms with Crippen molar-refractivity contribution in [2.45, 2.75) is 13.5 Å². The maximum Gasteiger partial charge on any atom is 0.338 e. The Balaban J connectivity index is 1.83. The first-order valence-corrected chi connectivity index (χ1v) is 9.70. The summed E-state index contributed by atoms with van der Waals surface area (Å²) in [5, 5.41) is 0.459. The Kier molecular flexibility index (Phi) is 6.75. The van der Waals surface area contributed by atoms with Crippen LogP contribution >= 0.6 is 11.6 Å². The van der Waals surface area contributed by atoms with Crippen LogP contribution in [0.15, 0.2) is 60.8 Å². The molecule has 0 fully saturated rings. The summed E-state index contributed by atoms with van der Waals surface area (Å²) in [5.74, 6) is 0.177. The van der Waals surface area contributed by atoms with E-state index in [1.165, 1.54) is 7.11 Å². The van der Waals surface area contributed by atoms with Crippen LogP contribution in [0.1, 0.15) is 37.5 Å². The average Bonchev–Trinajstić information content (AvgIpc) is 3.14. The van der Waals surface area contributed by atoms with Gasteiger partial charge in [-0.1, -0.05) is 29.8 Å². The standard InChI is InChI=1S/C24H22ClNO4/c1-16-13-22(23(27)18-7-10-20(29-2)11-8-18)26(15-16)12-4-5-17-6-9-19(25)14-21(17)24(28)30-3/h4-11,13-15H,12H2,1-3H3/b5-4+. The summed E-state index contributed by atoms with van der Waals surface area (Å²) in [6.07, 6.45) is 5.63. The fourth-order valence-electron chi connectivity index (χ4n) is 3.14. The van der Waals surface area contributed by atoms with Crippen molar-refractivity contribution in [2.24, 2.45) is 0 Å². The van der Waals surface area contributed by atoms with Gasteiger partial charge in [-0.3, -0.25) is 4.79 Å². The summed E-state index contributed by atoms with van der Waals surface area (Å²) in [5.41, 5.74) is 3.25. The van der Waals surface area contributed by atoms with Gasteiger partial charge < -0.3 is 14.0 Å². The molecule has 0 amide bonds. The monoisotopic (exact) mass is 423 g/mol. The van der Waals surface area contributed by atoms with Crippen LogP contribution < -0.4 is 4.74 Å². The van der Waals surface area contributed by atoms with Gasteiger partial charge in [-0.25, -0.2) is 4.79 Å². The molecule has 1 aromatic heterocycles. The lowest BCUT2D eigenvalue weighted by Gasteiger charge is -2.08. The largest absolute Gasteiger partial charge is 0.497 e. The predicted molar refractivity (Wildman–Crippen MR) is 117 cm³/mol. The summed E-state index contributed by atoms with van der Waals surface area (Å²) in [6, 6.07) is 13.9. The van der Waals surface area contributed by atoms with Crippen molar-refractivity contribution in [3.63, 3.8) is 0 Å². The van der Waals surface area contributed by atoms with Gasteiger partial charge in [0, 0.05) is 23.3 Å². The Morgan fingerprint density at radius 1 is 1.07 bits per heavy atom. The molecular weight excluding hydrogens is 402 g/mol. The molecule has 0 spiro atoms. The number of rotatable bonds is 7. The molecule has 6 heteroatoms. The second-order valence-corrected chi connectivity index (χ2v) is 7.17. The highest BCUT2D eigenvalue weighted by Gasteiger charge is 2.15. The summed E-state index contributed by atoms with van der Waals surface area (Å²) < 4.78 is 11.9. The molecule has 0 bridgehead atoms. The van der Waals surface area contributed by atoms with Crippen molar-refractivity contribution in [3.8, 4) is 5.75 Å². The molecule has 154 valence electrons. The molecule has 0 aliphatic rings. The van der Waals surface area contributed by atoms with Gasteiger partial charge >= 0.3 is 5.97 Å². The van der Waals surface area contributed by atoms with E-state index in [0.29, 0.717) is 39.7 Å². The number of ketones is 1. The highest BCUT2D eigenvalue weighted by atomic mass is 35.5. The Labute approximate surface area is 180 Å². The van der Waals surface area contributed by atoms with Gasteiger partial charge in [0.05, 0.1) is 25.5 Å². The fourth-order valence-corrected chi connectivity index (χ4v) is 3.31. The number of esters is 1. The van der Waals surface area contributed by atoms with Crippen LogP contribution in [0.25, 0.3) is 6.08 Å². The number of hydrogen-bond donors (Lipinski definition) is 0. The number of methoxy groups -OCH3 is 2. The van der Waals surface area contributed by atoms with Gasteiger partial charge in [0.2, 0.25) is 5.78 Å². The summed E-state index contributed by atoms with van der Waals surface area (Å²) in [4.78, 5) is 25.0. The number of hydrogen-bond acceptors (Lipinski definition) is 4. The zero-order valence-corrected chi connectivity index (χ0v) is 17.8. The third-order valence-corrected chi connectivity index (χ3v) is 4.87. The van der Waals surface area contributed by atoms with Crippen LogP contribution in [0, 0.1) is 6.92 Å². The molecule has 2 aromatic carbocycles. The van der Waals surface area contributed by atoms with Gasteiger partial charge in [0.25, 0.3) is 0 Å². The molecule has 5 nitrogen and oxygen atoms in total. The number of ether oxygens (including phenoxy) is 2. The Morgan fingerprint density at radius 3 is 2.47 bits per heavy atom. The highest BCUT2D eigenvalue weighted by Crippen LogP contribution is 2.20. The third-order valence-electron chi connectivity index (χ3n) is 4.64. The number of halogens is 1. The van der Waals surface area contributed by atoms with E-state index in [-0.39, 0.29) is 5.78 Å². The zero-order valence-electron chi connectivity index (χ0n) is 17.0. The maximum atomic E-state index is 13.0. The minimum Gasteiger partial charge on any atom is -0.497 e. The molecule has 0 saturated heterocycles. The van der Waals surface area contributed by atoms with Crippen molar-refractivity contribution >= 4 is 29.4 Å². The van der Waals surface area contributed by atoms with Gasteiger partial charge in [-0.05, 0) is 60.5 Å². The number of carbonyl (C=O) groups is 2. The summed E-state index contributed by atoms with van der Waals surface area (Å²) in [7, 11) is 2.92. The lowest BCUT2D eigenvalue weighted by molar-refractivity contribution is 0.0600. The quantitative estimate of drug-likeness (QED) is 0.387. The van der Waals surface area contributed by atoms with Crippen LogP contribution in [0.3, 0.4) is 0 Å². The number of allylic oxidation sites excluding steroid dienone is 1. The van der Waals surface area contributed by atoms with E-state index in [9.17, 15) is 9.59 Å². The second-order valence-electron chi connectivity index (χ2n) is 6.74. The first-order chi connectivity index (χ1) is 14.4. The van der Waals surface area contributed by atoms with Crippen LogP contribution in [0.2, 0.25) is 5.02 Å². The molecule has 0 radical (unpaired) electrons. The highest BCUT2D eigenvalue weighted by molar-refractivity contribution is 6.31. The Morgan fingerprint density at radius 2 is 1.80 bits per heavy atom. The lowest BCUT2D eigenvalue weighted by Crippen LogP contribution is -2.09. The van der Waals surface area contributed by atoms with E-state index in [4.69, 9.17) is 21.1 Å². The third kappa shape index (κ3) is 4.81. The normalized spacial score (nSPS) is 10.9. The lowest BCUT2D eigenvalue weighted by atomic mass is 10.1. The van der Waals surface area contributed by atoms with E-state index >= 15 is 0 Å². The molecular formula is C24H22ClNO4. The van der Waals surface area contributed by atoms with Crippen LogP contribution in [0.5, 0.6) is 5.75 Å². The molecule has 30 heavy (non-hydrogen) atoms. The first-order valence-electron chi connectivity index (χ1n) is 9.33. The molecule has 0 unspecified atom stereocenters. The molecule has 0 aliphatic heterocycles. The average molecular weight is 424 g/mol. The maximum absolute atomic E-state index is 13.0. The summed E-state index contributed by atoms with van der Waals surface area (Å²) >= 11 is 6.00. The number of benzene rings is 2. The molecule has 3 rings (SSSR count). The van der Waals surface area contributed by atoms with Crippen molar-refractivity contribution < 1.29 is 19.1 Å². The summed E-state index contributed by atoms with van der Waals surface area (Å²) in [6.45, 7) is 2.41. The van der Waals surface area contributed by atoms with Crippen molar-refractivity contribution in [2.75, 3.05) is 14.2 Å². The van der Waals surface area contributed by atoms with Crippen molar-refractivity contribution in [1.29, 1.82) is 0 Å². The SMILES string of the molecule is COC(=O)c1cc(Cl)ccc1/C=C/Cn1cc(C)cc1C(=O)c1ccc(OC)cc1. The van der Waals surface area contributed by atoms with Gasteiger partial charge in [-0.2, -0.15) is 0 Å². The van der Waals surface area contributed by atoms with Crippen LogP contribution in [-0.2, 0) is 11.3 Å². The second kappa shape index (κ2) is 9.46. The van der Waals surface area contributed by atoms with E-state index in [1.807, 2.05) is 35.9 Å². The number of carbonyl (C=O) groups excluding carboxylic acids is 2. The molecule has 0 saturated carbocycles. The van der Waals surface area contributed by atoms with Gasteiger partial charge in [0.1, 0.15) is 5.75 Å². The zero-order chi connectivity index (χ0) is 21.7. The van der Waals surface area contributed by atoms with Crippen LogP contribution in [0.4, 0.5) is 0 Å². The minimum atomic E-state index is -0.454. The molecule has 3 aromatic rings. The van der Waals surface area contributed by atoms with Crippen molar-refractivity contribution in [1.82, 2.24) is 4.57 Å². The molecule has 1 heterocycles. The number of nitrogens with zero attached hydrogens (tertiary/aromatic N) is 1. The van der Waals surface area contributed by atoms with Gasteiger partial charge in [-0.15, -0.1) is 0 Å². The van der Waals surface area contributed by atoms with Gasteiger partial charge in [0.15, 0.2) is 0 Å². The van der Waals surface area contributed by atoms with E-state index in [1.54, 1.807) is 49.6 Å². The Bertz CT molecular complexity index is 1100. The van der Waals surface area contributed by atoms with Crippen molar-refractivity contribution in [3.05, 3.63) is 93.8 Å². The van der Waals surface area contributed by atoms with E-state index in [2.05, 4.69) is 0 Å². The first kappa shape index (κ1) is 21.4. The number of aryl methyl sites for hydroxylation is 1. The fraction of sp³-hybridized carbons (Fsp3) is 0.167. The van der Waals surface area contributed by atoms with Crippen LogP contribution in [-0.4, -0.2) is 30.5 Å². The van der Waals surface area contributed by atoms with E-state index in [0.717, 1.165) is 5.56 Å². The molecule has 0 N–H and O–H groups in total. The molecule has 0 aliphatic carbocycles. The molecule has 0 atom stereocenters. The Hall–Kier alpha value is -3.31. The van der Waals surface area contributed by atoms with E-state index < -0.39 is 5.97 Å². The smallest absolute Gasteiger partial charge is 0.338 e. The topological polar surface area (TPSA) is 57.5 Å². The number of aromatic nitrogens is 1. The predicted octanol–water partition coefficient (Wildman–Crippen LogP) is 5.19. The minimum absolute atomic E-state index is 0.0686.